The fourth-order valence-corrected chi connectivity index (χ4v) is 5.78. The number of aromatic hydroxyl groups is 1. The molecule has 0 radical (unpaired) electrons. The summed E-state index contributed by atoms with van der Waals surface area (Å²) in [6, 6.07) is 7.37. The maximum atomic E-state index is 13.1. The highest BCUT2D eigenvalue weighted by molar-refractivity contribution is 7.81. The van der Waals surface area contributed by atoms with Gasteiger partial charge in [0.2, 0.25) is 0 Å². The topological polar surface area (TPSA) is 134 Å². The average Bonchev–Trinajstić information content (AvgIpc) is 3.04. The minimum absolute atomic E-state index is 0.0840. The molecule has 0 aromatic heterocycles. The third kappa shape index (κ3) is 14.7. The number of halogens is 1. The first-order valence-electron chi connectivity index (χ1n) is 16.8. The van der Waals surface area contributed by atoms with E-state index in [4.69, 9.17) is 20.5 Å². The number of hydrogen-bond acceptors (Lipinski definition) is 7. The van der Waals surface area contributed by atoms with Gasteiger partial charge in [0.25, 0.3) is 23.1 Å². The molecule has 0 bridgehead atoms. The number of amides is 2. The zero-order chi connectivity index (χ0) is 34.6. The molecule has 3 N–H and O–H groups in total. The minimum atomic E-state index is -2.16. The molecule has 0 saturated carbocycles. The Bertz CT molecular complexity index is 1320. The van der Waals surface area contributed by atoms with Crippen molar-refractivity contribution < 1.29 is 32.6 Å². The van der Waals surface area contributed by atoms with Gasteiger partial charge in [-0.25, -0.2) is 9.00 Å². The van der Waals surface area contributed by atoms with Crippen molar-refractivity contribution in [1.29, 1.82) is 0 Å². The SMILES string of the molecule is CCCCCCCCCCCCOC(=O)c1ccc(Cl)c(NC(=O)COS(=O)Nc2cc(C)c(O)c(C(=O)N(CCC)CCC)c2)c1. The summed E-state index contributed by atoms with van der Waals surface area (Å²) in [5.74, 6) is -1.63. The third-order valence-corrected chi connectivity index (χ3v) is 8.57. The predicted molar refractivity (Wildman–Crippen MR) is 189 cm³/mol. The fraction of sp³-hybridized carbons (Fsp3) is 0.571. The Morgan fingerprint density at radius 3 is 2.11 bits per heavy atom. The summed E-state index contributed by atoms with van der Waals surface area (Å²) in [6.07, 6.45) is 13.4. The van der Waals surface area contributed by atoms with Gasteiger partial charge in [-0.3, -0.25) is 18.5 Å². The van der Waals surface area contributed by atoms with Crippen LogP contribution in [0.1, 0.15) is 124 Å². The number of nitrogens with one attached hydrogen (secondary N) is 2. The van der Waals surface area contributed by atoms with Gasteiger partial charge >= 0.3 is 5.97 Å². The van der Waals surface area contributed by atoms with Gasteiger partial charge in [-0.2, -0.15) is 0 Å². The lowest BCUT2D eigenvalue weighted by Crippen LogP contribution is -2.32. The molecule has 1 unspecified atom stereocenters. The monoisotopic (exact) mass is 693 g/mol. The van der Waals surface area contributed by atoms with E-state index in [9.17, 15) is 23.7 Å². The summed E-state index contributed by atoms with van der Waals surface area (Å²) in [6.45, 7) is 8.60. The molecular weight excluding hydrogens is 642 g/mol. The molecule has 0 fully saturated rings. The van der Waals surface area contributed by atoms with Gasteiger partial charge in [-0.1, -0.05) is 90.2 Å². The summed E-state index contributed by atoms with van der Waals surface area (Å²) in [7, 11) is 0. The molecule has 262 valence electrons. The number of hydrogen-bond donors (Lipinski definition) is 3. The van der Waals surface area contributed by atoms with Crippen LogP contribution in [-0.4, -0.2) is 58.3 Å². The van der Waals surface area contributed by atoms with Crippen LogP contribution in [0.3, 0.4) is 0 Å². The summed E-state index contributed by atoms with van der Waals surface area (Å²) in [5.41, 5.74) is 1.21. The van der Waals surface area contributed by atoms with Gasteiger partial charge < -0.3 is 20.1 Å². The molecule has 2 aromatic carbocycles. The van der Waals surface area contributed by atoms with Crippen LogP contribution in [0.15, 0.2) is 30.3 Å². The molecule has 12 heteroatoms. The third-order valence-electron chi connectivity index (χ3n) is 7.51. The highest BCUT2D eigenvalue weighted by Crippen LogP contribution is 2.28. The number of carbonyl (C=O) groups is 3. The Hall–Kier alpha value is -3.15. The molecule has 0 heterocycles. The number of phenolic OH excluding ortho intramolecular Hbond substituents is 1. The average molecular weight is 694 g/mol. The largest absolute Gasteiger partial charge is 0.507 e. The van der Waals surface area contributed by atoms with Crippen molar-refractivity contribution in [2.75, 3.05) is 36.3 Å². The van der Waals surface area contributed by atoms with E-state index in [0.717, 1.165) is 32.1 Å². The van der Waals surface area contributed by atoms with Gasteiger partial charge in [0.05, 0.1) is 28.4 Å². The number of phenols is 1. The zero-order valence-corrected chi connectivity index (χ0v) is 29.9. The van der Waals surface area contributed by atoms with E-state index in [2.05, 4.69) is 17.0 Å². The Morgan fingerprint density at radius 1 is 0.872 bits per heavy atom. The number of ether oxygens (including phenoxy) is 1. The lowest BCUT2D eigenvalue weighted by Gasteiger charge is -2.22. The Morgan fingerprint density at radius 2 is 1.49 bits per heavy atom. The van der Waals surface area contributed by atoms with E-state index in [1.807, 2.05) is 13.8 Å². The van der Waals surface area contributed by atoms with Gasteiger partial charge in [-0.05, 0) is 62.1 Å². The molecule has 1 atom stereocenters. The zero-order valence-electron chi connectivity index (χ0n) is 28.3. The molecule has 0 aliphatic heterocycles. The summed E-state index contributed by atoms with van der Waals surface area (Å²) in [5, 5.41) is 13.3. The second-order valence-electron chi connectivity index (χ2n) is 11.6. The molecule has 2 amide bonds. The van der Waals surface area contributed by atoms with Crippen molar-refractivity contribution in [1.82, 2.24) is 4.90 Å². The van der Waals surface area contributed by atoms with Crippen molar-refractivity contribution in [3.8, 4) is 5.75 Å². The van der Waals surface area contributed by atoms with Crippen molar-refractivity contribution in [3.63, 3.8) is 0 Å². The van der Waals surface area contributed by atoms with Crippen LogP contribution in [0.25, 0.3) is 0 Å². The molecule has 0 saturated heterocycles. The highest BCUT2D eigenvalue weighted by Gasteiger charge is 2.21. The quantitative estimate of drug-likeness (QED) is 0.0605. The van der Waals surface area contributed by atoms with Crippen LogP contribution in [0, 0.1) is 6.92 Å². The lowest BCUT2D eigenvalue weighted by molar-refractivity contribution is -0.117. The highest BCUT2D eigenvalue weighted by atomic mass is 35.5. The predicted octanol–water partition coefficient (Wildman–Crippen LogP) is 8.34. The Labute approximate surface area is 287 Å². The maximum absolute atomic E-state index is 13.1. The van der Waals surface area contributed by atoms with E-state index in [-0.39, 0.29) is 39.2 Å². The normalized spacial score (nSPS) is 11.6. The fourth-order valence-electron chi connectivity index (χ4n) is 5.03. The van der Waals surface area contributed by atoms with Crippen molar-refractivity contribution in [2.45, 2.75) is 105 Å². The molecule has 2 aromatic rings. The van der Waals surface area contributed by atoms with Crippen LogP contribution >= 0.6 is 11.6 Å². The smallest absolute Gasteiger partial charge is 0.338 e. The van der Waals surface area contributed by atoms with Gasteiger partial charge in [0.1, 0.15) is 12.4 Å². The molecular formula is C35H52ClN3O7S. The van der Waals surface area contributed by atoms with Gasteiger partial charge in [0.15, 0.2) is 0 Å². The lowest BCUT2D eigenvalue weighted by atomic mass is 10.1. The van der Waals surface area contributed by atoms with Crippen LogP contribution in [-0.2, 0) is 25.0 Å². The maximum Gasteiger partial charge on any atom is 0.338 e. The second kappa shape index (κ2) is 22.4. The summed E-state index contributed by atoms with van der Waals surface area (Å²) < 4.78 is 25.8. The number of esters is 1. The van der Waals surface area contributed by atoms with Crippen LogP contribution in [0.2, 0.25) is 5.02 Å². The minimum Gasteiger partial charge on any atom is -0.507 e. The number of nitrogens with zero attached hydrogens (tertiary/aromatic N) is 1. The number of benzene rings is 2. The molecule has 0 spiro atoms. The Kier molecular flexibility index (Phi) is 19.1. The van der Waals surface area contributed by atoms with Crippen molar-refractivity contribution in [3.05, 3.63) is 52.0 Å². The molecule has 2 rings (SSSR count). The molecule has 47 heavy (non-hydrogen) atoms. The number of unbranched alkanes of at least 4 members (excludes halogenated alkanes) is 9. The van der Waals surface area contributed by atoms with Gasteiger partial charge in [0, 0.05) is 18.8 Å². The van der Waals surface area contributed by atoms with E-state index >= 15 is 0 Å². The molecule has 0 aliphatic carbocycles. The first-order chi connectivity index (χ1) is 22.6. The number of anilines is 2. The van der Waals surface area contributed by atoms with E-state index < -0.39 is 29.7 Å². The molecule has 0 aliphatic rings. The Balaban J connectivity index is 1.83. The van der Waals surface area contributed by atoms with Crippen molar-refractivity contribution >= 4 is 52.0 Å². The van der Waals surface area contributed by atoms with E-state index in [0.29, 0.717) is 25.3 Å². The second-order valence-corrected chi connectivity index (χ2v) is 13.0. The standard InChI is InChI=1S/C35H52ClN3O7S/c1-5-8-9-10-11-12-13-14-15-16-21-45-35(43)27-17-18-30(36)31(23-27)37-32(40)25-46-47(44)38-28-22-26(4)33(41)29(24-28)34(42)39(19-6-2)20-7-3/h17-18,22-24,38,41H,5-16,19-21,25H2,1-4H3,(H,37,40). The van der Waals surface area contributed by atoms with Crippen LogP contribution < -0.4 is 10.0 Å². The molecule has 10 nitrogen and oxygen atoms in total. The van der Waals surface area contributed by atoms with E-state index in [1.165, 1.54) is 75.3 Å². The first-order valence-corrected chi connectivity index (χ1v) is 18.3. The van der Waals surface area contributed by atoms with E-state index in [1.54, 1.807) is 11.8 Å². The van der Waals surface area contributed by atoms with Crippen LogP contribution in [0.4, 0.5) is 11.4 Å². The number of rotatable bonds is 23. The number of aryl methyl sites for hydroxylation is 1. The number of carbonyl (C=O) groups excluding carboxylic acids is 3. The summed E-state index contributed by atoms with van der Waals surface area (Å²) in [4.78, 5) is 39.9. The summed E-state index contributed by atoms with van der Waals surface area (Å²) >= 11 is 4.08. The first kappa shape index (κ1) is 40.0. The van der Waals surface area contributed by atoms with Gasteiger partial charge in [-0.15, -0.1) is 0 Å². The van der Waals surface area contributed by atoms with Crippen LogP contribution in [0.5, 0.6) is 5.75 Å². The van der Waals surface area contributed by atoms with Crippen molar-refractivity contribution in [2.24, 2.45) is 0 Å².